The second-order valence-corrected chi connectivity index (χ2v) is 5.09. The molecule has 0 saturated heterocycles. The summed E-state index contributed by atoms with van der Waals surface area (Å²) in [4.78, 5) is 0. The average molecular weight is 242 g/mol. The van der Waals surface area contributed by atoms with Crippen LogP contribution < -0.4 is 5.32 Å². The van der Waals surface area contributed by atoms with E-state index in [1.165, 1.54) is 25.3 Å². The highest BCUT2D eigenvalue weighted by Gasteiger charge is 2.20. The van der Waals surface area contributed by atoms with Crippen LogP contribution in [-0.4, -0.2) is 6.04 Å². The van der Waals surface area contributed by atoms with Crippen LogP contribution in [0, 0.1) is 11.7 Å². The lowest BCUT2D eigenvalue weighted by atomic mass is 10.1. The van der Waals surface area contributed by atoms with Gasteiger partial charge in [-0.2, -0.15) is 0 Å². The monoisotopic (exact) mass is 241 g/mol. The van der Waals surface area contributed by atoms with Crippen molar-refractivity contribution in [3.05, 3.63) is 34.6 Å². The van der Waals surface area contributed by atoms with E-state index in [4.69, 9.17) is 11.6 Å². The van der Waals surface area contributed by atoms with Gasteiger partial charge in [-0.1, -0.05) is 30.7 Å². The van der Waals surface area contributed by atoms with Gasteiger partial charge < -0.3 is 5.32 Å². The molecular formula is C13H17ClFN. The molecule has 1 saturated carbocycles. The zero-order valence-corrected chi connectivity index (χ0v) is 10.2. The smallest absolute Gasteiger partial charge is 0.142 e. The van der Waals surface area contributed by atoms with Gasteiger partial charge in [-0.3, -0.25) is 0 Å². The molecular weight excluding hydrogens is 225 g/mol. The Hall–Kier alpha value is -0.600. The van der Waals surface area contributed by atoms with Crippen molar-refractivity contribution in [2.75, 3.05) is 0 Å². The van der Waals surface area contributed by atoms with E-state index in [0.29, 0.717) is 12.6 Å². The van der Waals surface area contributed by atoms with E-state index in [1.807, 2.05) is 6.07 Å². The largest absolute Gasteiger partial charge is 0.310 e. The van der Waals surface area contributed by atoms with Gasteiger partial charge in [0, 0.05) is 12.6 Å². The highest BCUT2D eigenvalue weighted by molar-refractivity contribution is 6.31. The maximum absolute atomic E-state index is 13.2. The standard InChI is InChI=1S/C13H17ClFN/c1-9-5-6-11(7-9)16-8-10-3-2-4-12(15)13(10)14/h2-4,9,11,16H,5-8H2,1H3. The summed E-state index contributed by atoms with van der Waals surface area (Å²) in [6, 6.07) is 5.53. The molecule has 1 aromatic carbocycles. The van der Waals surface area contributed by atoms with E-state index < -0.39 is 0 Å². The normalized spacial score (nSPS) is 24.9. The van der Waals surface area contributed by atoms with E-state index in [1.54, 1.807) is 6.07 Å². The molecule has 1 aromatic rings. The number of hydrogen-bond acceptors (Lipinski definition) is 1. The Labute approximate surface area is 101 Å². The van der Waals surface area contributed by atoms with Crippen LogP contribution in [-0.2, 0) is 6.54 Å². The molecule has 88 valence electrons. The molecule has 1 N–H and O–H groups in total. The minimum absolute atomic E-state index is 0.251. The molecule has 1 aliphatic rings. The summed E-state index contributed by atoms with van der Waals surface area (Å²) in [6.07, 6.45) is 3.72. The SMILES string of the molecule is CC1CCC(NCc2cccc(F)c2Cl)C1. The minimum atomic E-state index is -0.333. The molecule has 3 heteroatoms. The van der Waals surface area contributed by atoms with Crippen LogP contribution in [0.1, 0.15) is 31.7 Å². The van der Waals surface area contributed by atoms with E-state index in [-0.39, 0.29) is 10.8 Å². The fourth-order valence-corrected chi connectivity index (χ4v) is 2.52. The van der Waals surface area contributed by atoms with Crippen LogP contribution >= 0.6 is 11.6 Å². The maximum Gasteiger partial charge on any atom is 0.142 e. The highest BCUT2D eigenvalue weighted by atomic mass is 35.5. The second kappa shape index (κ2) is 5.15. The van der Waals surface area contributed by atoms with Crippen molar-refractivity contribution < 1.29 is 4.39 Å². The minimum Gasteiger partial charge on any atom is -0.310 e. The predicted molar refractivity (Wildman–Crippen MR) is 65.1 cm³/mol. The molecule has 2 unspecified atom stereocenters. The summed E-state index contributed by atoms with van der Waals surface area (Å²) in [5.74, 6) is 0.473. The third kappa shape index (κ3) is 2.74. The Morgan fingerprint density at radius 2 is 2.25 bits per heavy atom. The Balaban J connectivity index is 1.92. The lowest BCUT2D eigenvalue weighted by Crippen LogP contribution is -2.25. The van der Waals surface area contributed by atoms with Crippen molar-refractivity contribution >= 4 is 11.6 Å². The Morgan fingerprint density at radius 1 is 1.44 bits per heavy atom. The fraction of sp³-hybridized carbons (Fsp3) is 0.538. The predicted octanol–water partition coefficient (Wildman–Crippen LogP) is 3.76. The fourth-order valence-electron chi connectivity index (χ4n) is 2.33. The second-order valence-electron chi connectivity index (χ2n) is 4.71. The van der Waals surface area contributed by atoms with E-state index in [2.05, 4.69) is 12.2 Å². The molecule has 16 heavy (non-hydrogen) atoms. The van der Waals surface area contributed by atoms with Crippen LogP contribution in [0.2, 0.25) is 5.02 Å². The van der Waals surface area contributed by atoms with Crippen molar-refractivity contribution in [3.63, 3.8) is 0 Å². The third-order valence-electron chi connectivity index (χ3n) is 3.31. The Kier molecular flexibility index (Phi) is 3.82. The summed E-state index contributed by atoms with van der Waals surface area (Å²) < 4.78 is 13.2. The lowest BCUT2D eigenvalue weighted by molar-refractivity contribution is 0.501. The molecule has 2 atom stereocenters. The van der Waals surface area contributed by atoms with E-state index >= 15 is 0 Å². The molecule has 0 amide bonds. The first-order valence-electron chi connectivity index (χ1n) is 5.83. The molecule has 1 nitrogen and oxygen atoms in total. The lowest BCUT2D eigenvalue weighted by Gasteiger charge is -2.13. The van der Waals surface area contributed by atoms with Crippen LogP contribution in [0.25, 0.3) is 0 Å². The number of rotatable bonds is 3. The van der Waals surface area contributed by atoms with Crippen molar-refractivity contribution in [2.45, 2.75) is 38.8 Å². The Bertz CT molecular complexity index is 367. The zero-order valence-electron chi connectivity index (χ0n) is 9.47. The van der Waals surface area contributed by atoms with Crippen LogP contribution in [0.15, 0.2) is 18.2 Å². The van der Waals surface area contributed by atoms with Gasteiger partial charge in [0.15, 0.2) is 0 Å². The number of hydrogen-bond donors (Lipinski definition) is 1. The highest BCUT2D eigenvalue weighted by Crippen LogP contribution is 2.25. The topological polar surface area (TPSA) is 12.0 Å². The Morgan fingerprint density at radius 3 is 2.94 bits per heavy atom. The number of halogens is 2. The van der Waals surface area contributed by atoms with Crippen LogP contribution in [0.4, 0.5) is 4.39 Å². The van der Waals surface area contributed by atoms with Gasteiger partial charge in [-0.25, -0.2) is 4.39 Å². The van der Waals surface area contributed by atoms with Crippen molar-refractivity contribution in [2.24, 2.45) is 5.92 Å². The molecule has 1 fully saturated rings. The van der Waals surface area contributed by atoms with Crippen molar-refractivity contribution in [1.29, 1.82) is 0 Å². The summed E-state index contributed by atoms with van der Waals surface area (Å²) in [7, 11) is 0. The van der Waals surface area contributed by atoms with Gasteiger partial charge in [0.2, 0.25) is 0 Å². The summed E-state index contributed by atoms with van der Waals surface area (Å²) in [6.45, 7) is 2.94. The molecule has 0 spiro atoms. The van der Waals surface area contributed by atoms with Gasteiger partial charge in [0.25, 0.3) is 0 Å². The first kappa shape index (κ1) is 11.9. The molecule has 0 bridgehead atoms. The molecule has 2 rings (SSSR count). The first-order valence-corrected chi connectivity index (χ1v) is 6.21. The maximum atomic E-state index is 13.2. The zero-order chi connectivity index (χ0) is 11.5. The number of nitrogens with one attached hydrogen (secondary N) is 1. The van der Waals surface area contributed by atoms with Crippen LogP contribution in [0.3, 0.4) is 0 Å². The van der Waals surface area contributed by atoms with Gasteiger partial charge in [-0.15, -0.1) is 0 Å². The van der Waals surface area contributed by atoms with Gasteiger partial charge in [0.05, 0.1) is 5.02 Å². The number of benzene rings is 1. The summed E-state index contributed by atoms with van der Waals surface area (Å²) >= 11 is 5.89. The third-order valence-corrected chi connectivity index (χ3v) is 3.73. The van der Waals surface area contributed by atoms with E-state index in [9.17, 15) is 4.39 Å². The molecule has 0 heterocycles. The van der Waals surface area contributed by atoms with Gasteiger partial charge >= 0.3 is 0 Å². The quantitative estimate of drug-likeness (QED) is 0.850. The van der Waals surface area contributed by atoms with Crippen molar-refractivity contribution in [3.8, 4) is 0 Å². The average Bonchev–Trinajstić information content (AvgIpc) is 2.67. The molecule has 0 aliphatic heterocycles. The molecule has 1 aliphatic carbocycles. The molecule has 0 radical (unpaired) electrons. The van der Waals surface area contributed by atoms with Gasteiger partial charge in [0.1, 0.15) is 5.82 Å². The summed E-state index contributed by atoms with van der Waals surface area (Å²) in [5, 5.41) is 3.70. The van der Waals surface area contributed by atoms with E-state index in [0.717, 1.165) is 11.5 Å². The van der Waals surface area contributed by atoms with Gasteiger partial charge in [-0.05, 0) is 36.8 Å². The van der Waals surface area contributed by atoms with Crippen molar-refractivity contribution in [1.82, 2.24) is 5.32 Å². The molecule has 0 aromatic heterocycles. The first-order chi connectivity index (χ1) is 7.66. The van der Waals surface area contributed by atoms with Crippen LogP contribution in [0.5, 0.6) is 0 Å². The summed E-state index contributed by atoms with van der Waals surface area (Å²) in [5.41, 5.74) is 0.848.